The second kappa shape index (κ2) is 7.88. The normalized spacial score (nSPS) is 8.71. The zero-order valence-corrected chi connectivity index (χ0v) is 9.81. The Labute approximate surface area is 107 Å². The molecule has 0 unspecified atom stereocenters. The Morgan fingerprint density at radius 3 is 0.647 bits per heavy atom. The molecule has 0 aromatic heterocycles. The number of benzene rings is 2. The van der Waals surface area contributed by atoms with Crippen molar-refractivity contribution in [2.24, 2.45) is 0 Å². The van der Waals surface area contributed by atoms with E-state index in [2.05, 4.69) is 0 Å². The van der Waals surface area contributed by atoms with Crippen LogP contribution >= 0.6 is 0 Å². The van der Waals surface area contributed by atoms with Crippen LogP contribution in [0.3, 0.4) is 0 Å². The van der Waals surface area contributed by atoms with Crippen LogP contribution < -0.4 is 0 Å². The minimum absolute atomic E-state index is 0. The molecule has 0 atom stereocenters. The number of hydrogen-bond donors (Lipinski definition) is 0. The van der Waals surface area contributed by atoms with E-state index in [4.69, 9.17) is 0 Å². The van der Waals surface area contributed by atoms with Crippen LogP contribution in [0.15, 0.2) is 48.5 Å². The topological polar surface area (TPSA) is 0 Å². The first-order valence-electron chi connectivity index (χ1n) is 4.40. The molecule has 0 bridgehead atoms. The molecule has 0 spiro atoms. The van der Waals surface area contributed by atoms with E-state index in [0.29, 0.717) is 0 Å². The maximum absolute atomic E-state index is 11.9. The summed E-state index contributed by atoms with van der Waals surface area (Å²) in [6.07, 6.45) is 0. The summed E-state index contributed by atoms with van der Waals surface area (Å²) in [5.74, 6) is -1.64. The molecule has 0 nitrogen and oxygen atoms in total. The van der Waals surface area contributed by atoms with E-state index in [1.54, 1.807) is 0 Å². The van der Waals surface area contributed by atoms with Gasteiger partial charge in [-0.25, -0.2) is 17.6 Å². The van der Waals surface area contributed by atoms with Crippen LogP contribution in [0.1, 0.15) is 0 Å². The van der Waals surface area contributed by atoms with Gasteiger partial charge < -0.3 is 0 Å². The van der Waals surface area contributed by atoms with Crippen molar-refractivity contribution in [3.05, 3.63) is 71.8 Å². The average Bonchev–Trinajstić information content (AvgIpc) is 2.28. The third kappa shape index (κ3) is 6.77. The second-order valence-electron chi connectivity index (χ2n) is 2.87. The van der Waals surface area contributed by atoms with E-state index < -0.39 is 23.3 Å². The Morgan fingerprint density at radius 1 is 0.412 bits per heavy atom. The molecular formula is C12H8CrF4. The van der Waals surface area contributed by atoms with Crippen LogP contribution in [0, 0.1) is 23.3 Å². The fourth-order valence-corrected chi connectivity index (χ4v) is 0.859. The Balaban J connectivity index is 0.000000284. The van der Waals surface area contributed by atoms with Gasteiger partial charge in [0.15, 0.2) is 0 Å². The van der Waals surface area contributed by atoms with Gasteiger partial charge in [0, 0.05) is 17.4 Å². The van der Waals surface area contributed by atoms with E-state index in [0.717, 1.165) is 48.5 Å². The molecule has 0 N–H and O–H groups in total. The third-order valence-electron chi connectivity index (χ3n) is 1.61. The Bertz CT molecular complexity index is 340. The molecule has 0 heterocycles. The van der Waals surface area contributed by atoms with Gasteiger partial charge in [-0.1, -0.05) is 0 Å². The van der Waals surface area contributed by atoms with Crippen molar-refractivity contribution in [2.75, 3.05) is 0 Å². The van der Waals surface area contributed by atoms with Crippen molar-refractivity contribution in [1.29, 1.82) is 0 Å². The summed E-state index contributed by atoms with van der Waals surface area (Å²) in [4.78, 5) is 0. The fraction of sp³-hybridized carbons (Fsp3) is 0. The molecule has 2 aromatic carbocycles. The molecule has 0 amide bonds. The summed E-state index contributed by atoms with van der Waals surface area (Å²) in [6, 6.07) is 8.63. The van der Waals surface area contributed by atoms with Crippen LogP contribution in [0.2, 0.25) is 0 Å². The van der Waals surface area contributed by atoms with E-state index in [9.17, 15) is 17.6 Å². The summed E-state index contributed by atoms with van der Waals surface area (Å²) < 4.78 is 47.7. The summed E-state index contributed by atoms with van der Waals surface area (Å²) >= 11 is 0. The van der Waals surface area contributed by atoms with Gasteiger partial charge in [-0.2, -0.15) is 0 Å². The SMILES string of the molecule is Fc1ccc(F)cc1.Fc1ccc(F)cc1.[Cr]. The van der Waals surface area contributed by atoms with Crippen molar-refractivity contribution in [2.45, 2.75) is 0 Å². The Morgan fingerprint density at radius 2 is 0.529 bits per heavy atom. The molecule has 0 aliphatic heterocycles. The molecule has 0 aliphatic carbocycles. The molecule has 0 radical (unpaired) electrons. The summed E-state index contributed by atoms with van der Waals surface area (Å²) in [6.45, 7) is 0. The third-order valence-corrected chi connectivity index (χ3v) is 1.61. The monoisotopic (exact) mass is 280 g/mol. The van der Waals surface area contributed by atoms with Crippen molar-refractivity contribution >= 4 is 0 Å². The van der Waals surface area contributed by atoms with Crippen molar-refractivity contribution < 1.29 is 34.9 Å². The number of halogens is 4. The van der Waals surface area contributed by atoms with E-state index in [1.807, 2.05) is 0 Å². The van der Waals surface area contributed by atoms with Gasteiger partial charge in [-0.3, -0.25) is 0 Å². The molecule has 90 valence electrons. The van der Waals surface area contributed by atoms with Crippen molar-refractivity contribution in [3.8, 4) is 0 Å². The fourth-order valence-electron chi connectivity index (χ4n) is 0.859. The van der Waals surface area contributed by atoms with Crippen LogP contribution in [0.25, 0.3) is 0 Å². The molecule has 5 heteroatoms. The van der Waals surface area contributed by atoms with Crippen molar-refractivity contribution in [3.63, 3.8) is 0 Å². The number of rotatable bonds is 0. The van der Waals surface area contributed by atoms with Crippen LogP contribution in [-0.4, -0.2) is 0 Å². The first-order chi connectivity index (χ1) is 7.58. The van der Waals surface area contributed by atoms with Crippen LogP contribution in [0.5, 0.6) is 0 Å². The van der Waals surface area contributed by atoms with Gasteiger partial charge in [0.25, 0.3) is 0 Å². The maximum Gasteiger partial charge on any atom is 0.123 e. The second-order valence-corrected chi connectivity index (χ2v) is 2.87. The minimum Gasteiger partial charge on any atom is -0.207 e. The molecule has 0 aliphatic rings. The maximum atomic E-state index is 11.9. The quantitative estimate of drug-likeness (QED) is 0.641. The van der Waals surface area contributed by atoms with Gasteiger partial charge in [0.2, 0.25) is 0 Å². The predicted octanol–water partition coefficient (Wildman–Crippen LogP) is 3.93. The molecular weight excluding hydrogens is 272 g/mol. The molecule has 17 heavy (non-hydrogen) atoms. The van der Waals surface area contributed by atoms with Crippen molar-refractivity contribution in [1.82, 2.24) is 0 Å². The van der Waals surface area contributed by atoms with Gasteiger partial charge in [0.05, 0.1) is 0 Å². The zero-order valence-electron chi connectivity index (χ0n) is 8.54. The van der Waals surface area contributed by atoms with Gasteiger partial charge in [-0.05, 0) is 48.5 Å². The molecule has 2 aromatic rings. The van der Waals surface area contributed by atoms with Gasteiger partial charge in [0.1, 0.15) is 23.3 Å². The first kappa shape index (κ1) is 15.7. The standard InChI is InChI=1S/2C6H4F2.Cr/c2*7-5-1-2-6(8)4-3-5;/h2*1-4H;. The van der Waals surface area contributed by atoms with E-state index in [1.165, 1.54) is 0 Å². The molecule has 0 saturated heterocycles. The largest absolute Gasteiger partial charge is 0.207 e. The Kier molecular flexibility index (Phi) is 7.28. The first-order valence-corrected chi connectivity index (χ1v) is 4.40. The summed E-state index contributed by atoms with van der Waals surface area (Å²) in [7, 11) is 0. The van der Waals surface area contributed by atoms with E-state index >= 15 is 0 Å². The summed E-state index contributed by atoms with van der Waals surface area (Å²) in [5.41, 5.74) is 0. The van der Waals surface area contributed by atoms with E-state index in [-0.39, 0.29) is 17.4 Å². The van der Waals surface area contributed by atoms with Crippen LogP contribution in [-0.2, 0) is 17.4 Å². The molecule has 2 rings (SSSR count). The summed E-state index contributed by atoms with van der Waals surface area (Å²) in [5, 5.41) is 0. The molecule has 0 fully saturated rings. The van der Waals surface area contributed by atoms with Gasteiger partial charge >= 0.3 is 0 Å². The predicted molar refractivity (Wildman–Crippen MR) is 52.7 cm³/mol. The smallest absolute Gasteiger partial charge is 0.123 e. The molecule has 0 saturated carbocycles. The average molecular weight is 280 g/mol. The Hall–Kier alpha value is -1.31. The van der Waals surface area contributed by atoms with Crippen LogP contribution in [0.4, 0.5) is 17.6 Å². The zero-order chi connectivity index (χ0) is 12.0. The minimum atomic E-state index is -0.411. The van der Waals surface area contributed by atoms with Gasteiger partial charge in [-0.15, -0.1) is 0 Å². The number of hydrogen-bond acceptors (Lipinski definition) is 0.